The highest BCUT2D eigenvalue weighted by molar-refractivity contribution is 5.73. The number of anilines is 1. The normalized spacial score (nSPS) is 16.1. The molecule has 1 saturated heterocycles. The molecule has 0 radical (unpaired) electrons. The van der Waals surface area contributed by atoms with Gasteiger partial charge in [0.2, 0.25) is 0 Å². The summed E-state index contributed by atoms with van der Waals surface area (Å²) in [6, 6.07) is 18.8. The first-order valence-electron chi connectivity index (χ1n) is 8.21. The molecule has 118 valence electrons. The van der Waals surface area contributed by atoms with Crippen LogP contribution in [0.25, 0.3) is 11.0 Å². The monoisotopic (exact) mass is 307 g/mol. The molecule has 0 bridgehead atoms. The van der Waals surface area contributed by atoms with Gasteiger partial charge in [-0.2, -0.15) is 0 Å². The SMILES string of the molecule is c1ccc(N2CCN(CCn3nnc4ccccc43)CC2)cc1. The van der Waals surface area contributed by atoms with Gasteiger partial charge in [-0.15, -0.1) is 5.10 Å². The Kier molecular flexibility index (Phi) is 3.94. The predicted octanol–water partition coefficient (Wildman–Crippen LogP) is 2.25. The summed E-state index contributed by atoms with van der Waals surface area (Å²) in [5.41, 5.74) is 3.42. The van der Waals surface area contributed by atoms with Gasteiger partial charge in [0.15, 0.2) is 0 Å². The third-order valence-electron chi connectivity index (χ3n) is 4.54. The van der Waals surface area contributed by atoms with Crippen molar-refractivity contribution < 1.29 is 0 Å². The molecule has 2 aromatic carbocycles. The molecule has 5 nitrogen and oxygen atoms in total. The van der Waals surface area contributed by atoms with Gasteiger partial charge >= 0.3 is 0 Å². The maximum absolute atomic E-state index is 4.27. The third kappa shape index (κ3) is 3.05. The summed E-state index contributed by atoms with van der Waals surface area (Å²) in [7, 11) is 0. The summed E-state index contributed by atoms with van der Waals surface area (Å²) in [6.45, 7) is 6.29. The van der Waals surface area contributed by atoms with Crippen LogP contribution in [-0.2, 0) is 6.54 Å². The lowest BCUT2D eigenvalue weighted by molar-refractivity contribution is 0.245. The molecule has 4 rings (SSSR count). The van der Waals surface area contributed by atoms with Crippen molar-refractivity contribution in [3.05, 3.63) is 54.6 Å². The van der Waals surface area contributed by atoms with E-state index in [4.69, 9.17) is 0 Å². The molecule has 1 aliphatic rings. The third-order valence-corrected chi connectivity index (χ3v) is 4.54. The lowest BCUT2D eigenvalue weighted by Gasteiger charge is -2.36. The molecule has 0 amide bonds. The first-order valence-corrected chi connectivity index (χ1v) is 8.21. The van der Waals surface area contributed by atoms with Gasteiger partial charge in [0.05, 0.1) is 12.1 Å². The van der Waals surface area contributed by atoms with E-state index in [0.29, 0.717) is 0 Å². The summed E-state index contributed by atoms with van der Waals surface area (Å²) in [5.74, 6) is 0. The van der Waals surface area contributed by atoms with E-state index in [1.54, 1.807) is 0 Å². The minimum Gasteiger partial charge on any atom is -0.369 e. The van der Waals surface area contributed by atoms with Crippen LogP contribution in [-0.4, -0.2) is 52.6 Å². The largest absolute Gasteiger partial charge is 0.369 e. The summed E-state index contributed by atoms with van der Waals surface area (Å²) in [6.07, 6.45) is 0. The zero-order chi connectivity index (χ0) is 15.5. The Labute approximate surface area is 136 Å². The Balaban J connectivity index is 1.33. The van der Waals surface area contributed by atoms with Crippen LogP contribution in [0, 0.1) is 0 Å². The van der Waals surface area contributed by atoms with Gasteiger partial charge in [-0.05, 0) is 24.3 Å². The fourth-order valence-corrected chi connectivity index (χ4v) is 3.19. The Morgan fingerprint density at radius 1 is 0.783 bits per heavy atom. The number of benzene rings is 2. The van der Waals surface area contributed by atoms with Gasteiger partial charge in [0, 0.05) is 38.4 Å². The molecule has 0 N–H and O–H groups in total. The fraction of sp³-hybridized carbons (Fsp3) is 0.333. The van der Waals surface area contributed by atoms with E-state index in [0.717, 1.165) is 50.3 Å². The quantitative estimate of drug-likeness (QED) is 0.741. The summed E-state index contributed by atoms with van der Waals surface area (Å²) < 4.78 is 2.01. The number of piperazine rings is 1. The van der Waals surface area contributed by atoms with Crippen molar-refractivity contribution in [2.75, 3.05) is 37.6 Å². The Morgan fingerprint density at radius 2 is 1.52 bits per heavy atom. The van der Waals surface area contributed by atoms with E-state index < -0.39 is 0 Å². The minimum absolute atomic E-state index is 0.895. The average molecular weight is 307 g/mol. The number of rotatable bonds is 4. The van der Waals surface area contributed by atoms with Crippen LogP contribution < -0.4 is 4.90 Å². The van der Waals surface area contributed by atoms with Crippen LogP contribution in [0.5, 0.6) is 0 Å². The van der Waals surface area contributed by atoms with Crippen molar-refractivity contribution in [3.63, 3.8) is 0 Å². The highest BCUT2D eigenvalue weighted by atomic mass is 15.4. The zero-order valence-corrected chi connectivity index (χ0v) is 13.2. The maximum atomic E-state index is 4.27. The Bertz CT molecular complexity index is 759. The summed E-state index contributed by atoms with van der Waals surface area (Å²) >= 11 is 0. The average Bonchev–Trinajstić information content (AvgIpc) is 3.04. The molecule has 1 aliphatic heterocycles. The van der Waals surface area contributed by atoms with Crippen molar-refractivity contribution in [2.24, 2.45) is 0 Å². The van der Waals surface area contributed by atoms with Crippen molar-refractivity contribution >= 4 is 16.7 Å². The van der Waals surface area contributed by atoms with E-state index in [1.807, 2.05) is 22.9 Å². The van der Waals surface area contributed by atoms with E-state index in [2.05, 4.69) is 56.5 Å². The lowest BCUT2D eigenvalue weighted by atomic mass is 10.2. The number of hydrogen-bond acceptors (Lipinski definition) is 4. The minimum atomic E-state index is 0.895. The van der Waals surface area contributed by atoms with Crippen LogP contribution in [0.3, 0.4) is 0 Å². The van der Waals surface area contributed by atoms with Gasteiger partial charge in [-0.3, -0.25) is 4.90 Å². The van der Waals surface area contributed by atoms with Crippen LogP contribution in [0.1, 0.15) is 0 Å². The molecule has 5 heteroatoms. The van der Waals surface area contributed by atoms with E-state index in [9.17, 15) is 0 Å². The van der Waals surface area contributed by atoms with E-state index in [-0.39, 0.29) is 0 Å². The topological polar surface area (TPSA) is 37.2 Å². The molecular formula is C18H21N5. The maximum Gasteiger partial charge on any atom is 0.113 e. The highest BCUT2D eigenvalue weighted by Crippen LogP contribution is 2.15. The second-order valence-corrected chi connectivity index (χ2v) is 5.97. The first-order chi connectivity index (χ1) is 11.4. The number of aromatic nitrogens is 3. The van der Waals surface area contributed by atoms with Crippen LogP contribution in [0.4, 0.5) is 5.69 Å². The van der Waals surface area contributed by atoms with Gasteiger partial charge in [0.25, 0.3) is 0 Å². The molecule has 23 heavy (non-hydrogen) atoms. The molecule has 0 unspecified atom stereocenters. The molecule has 3 aromatic rings. The van der Waals surface area contributed by atoms with Crippen LogP contribution in [0.15, 0.2) is 54.6 Å². The second-order valence-electron chi connectivity index (χ2n) is 5.97. The van der Waals surface area contributed by atoms with Gasteiger partial charge in [-0.1, -0.05) is 35.5 Å². The Morgan fingerprint density at radius 3 is 2.35 bits per heavy atom. The molecule has 1 fully saturated rings. The number of nitrogens with zero attached hydrogens (tertiary/aromatic N) is 5. The molecule has 1 aromatic heterocycles. The van der Waals surface area contributed by atoms with Gasteiger partial charge in [-0.25, -0.2) is 4.68 Å². The predicted molar refractivity (Wildman–Crippen MR) is 92.6 cm³/mol. The van der Waals surface area contributed by atoms with Crippen molar-refractivity contribution in [3.8, 4) is 0 Å². The smallest absolute Gasteiger partial charge is 0.113 e. The molecule has 0 spiro atoms. The highest BCUT2D eigenvalue weighted by Gasteiger charge is 2.17. The van der Waals surface area contributed by atoms with Crippen LogP contribution >= 0.6 is 0 Å². The molecule has 2 heterocycles. The summed E-state index contributed by atoms with van der Waals surface area (Å²) in [4.78, 5) is 4.97. The summed E-state index contributed by atoms with van der Waals surface area (Å²) in [5, 5.41) is 8.49. The molecule has 0 saturated carbocycles. The van der Waals surface area contributed by atoms with Crippen molar-refractivity contribution in [1.82, 2.24) is 19.9 Å². The number of hydrogen-bond donors (Lipinski definition) is 0. The number of fused-ring (bicyclic) bond motifs is 1. The molecule has 0 atom stereocenters. The molecular weight excluding hydrogens is 286 g/mol. The van der Waals surface area contributed by atoms with E-state index in [1.165, 1.54) is 5.69 Å². The zero-order valence-electron chi connectivity index (χ0n) is 13.2. The van der Waals surface area contributed by atoms with E-state index >= 15 is 0 Å². The van der Waals surface area contributed by atoms with Crippen LogP contribution in [0.2, 0.25) is 0 Å². The standard InChI is InChI=1S/C18H21N5/c1-2-6-16(7-3-1)22-13-10-21(11-14-22)12-15-23-18-9-5-4-8-17(18)19-20-23/h1-9H,10-15H2. The second kappa shape index (κ2) is 6.38. The van der Waals surface area contributed by atoms with Gasteiger partial charge in [0.1, 0.15) is 5.52 Å². The number of para-hydroxylation sites is 2. The van der Waals surface area contributed by atoms with Crippen molar-refractivity contribution in [2.45, 2.75) is 6.54 Å². The first kappa shape index (κ1) is 14.2. The van der Waals surface area contributed by atoms with Gasteiger partial charge < -0.3 is 4.90 Å². The van der Waals surface area contributed by atoms with Crippen molar-refractivity contribution in [1.29, 1.82) is 0 Å². The lowest BCUT2D eigenvalue weighted by Crippen LogP contribution is -2.47. The fourth-order valence-electron chi connectivity index (χ4n) is 3.19. The molecule has 0 aliphatic carbocycles. The Hall–Kier alpha value is -2.40.